The molecule has 0 aliphatic rings. The highest BCUT2D eigenvalue weighted by molar-refractivity contribution is 7.09. The maximum atomic E-state index is 12.1. The maximum Gasteiger partial charge on any atom is 0.288 e. The van der Waals surface area contributed by atoms with Crippen LogP contribution in [0.3, 0.4) is 0 Å². The van der Waals surface area contributed by atoms with Gasteiger partial charge in [-0.2, -0.15) is 0 Å². The van der Waals surface area contributed by atoms with Crippen molar-refractivity contribution in [2.24, 2.45) is 0 Å². The molecule has 0 atom stereocenters. The summed E-state index contributed by atoms with van der Waals surface area (Å²) in [6.45, 7) is 0.463. The largest absolute Gasteiger partial charge is 0.372 e. The number of nitrogens with zero attached hydrogens (tertiary/aromatic N) is 2. The van der Waals surface area contributed by atoms with E-state index in [1.54, 1.807) is 18.4 Å². The van der Waals surface area contributed by atoms with Crippen molar-refractivity contribution in [3.63, 3.8) is 0 Å². The Balaban J connectivity index is 2.06. The number of thiophene rings is 1. The van der Waals surface area contributed by atoms with E-state index in [9.17, 15) is 14.9 Å². The van der Waals surface area contributed by atoms with Crippen LogP contribution in [0.1, 0.15) is 15.2 Å². The van der Waals surface area contributed by atoms with Crippen LogP contribution in [0.2, 0.25) is 0 Å². The van der Waals surface area contributed by atoms with Gasteiger partial charge in [-0.15, -0.1) is 11.3 Å². The summed E-state index contributed by atoms with van der Waals surface area (Å²) in [5, 5.41) is 18.2. The first kappa shape index (κ1) is 14.9. The average Bonchev–Trinajstić information content (AvgIpc) is 2.99. The molecule has 7 nitrogen and oxygen atoms in total. The highest BCUT2D eigenvalue weighted by Gasteiger charge is 2.17. The second-order valence-electron chi connectivity index (χ2n) is 4.18. The van der Waals surface area contributed by atoms with E-state index in [1.165, 1.54) is 10.9 Å². The molecule has 0 radical (unpaired) electrons. The molecule has 0 spiro atoms. The van der Waals surface area contributed by atoms with Crippen LogP contribution in [-0.4, -0.2) is 29.4 Å². The molecule has 2 rings (SSSR count). The van der Waals surface area contributed by atoms with Crippen molar-refractivity contribution in [1.82, 2.24) is 10.3 Å². The number of nitro groups is 1. The van der Waals surface area contributed by atoms with Crippen LogP contribution >= 0.6 is 11.3 Å². The summed E-state index contributed by atoms with van der Waals surface area (Å²) in [4.78, 5) is 27.4. The van der Waals surface area contributed by atoms with E-state index < -0.39 is 4.92 Å². The summed E-state index contributed by atoms with van der Waals surface area (Å²) in [7, 11) is 1.61. The molecule has 0 bridgehead atoms. The van der Waals surface area contributed by atoms with Crippen molar-refractivity contribution in [2.45, 2.75) is 6.42 Å². The van der Waals surface area contributed by atoms with Gasteiger partial charge in [0.2, 0.25) is 0 Å². The van der Waals surface area contributed by atoms with Crippen LogP contribution in [0.4, 0.5) is 11.5 Å². The number of aromatic nitrogens is 1. The van der Waals surface area contributed by atoms with Crippen LogP contribution < -0.4 is 10.6 Å². The van der Waals surface area contributed by atoms with Gasteiger partial charge in [0.05, 0.1) is 10.5 Å². The number of rotatable bonds is 6. The lowest BCUT2D eigenvalue weighted by Gasteiger charge is -2.08. The molecule has 0 saturated heterocycles. The standard InChI is InChI=1S/C13H14N4O3S/c1-14-12-11(7-9(8-16-12)17(19)20)13(18)15-5-4-10-3-2-6-21-10/h2-3,6-8H,4-5H2,1H3,(H,14,16)(H,15,18). The Morgan fingerprint density at radius 2 is 2.33 bits per heavy atom. The van der Waals surface area contributed by atoms with Crippen molar-refractivity contribution in [1.29, 1.82) is 0 Å². The fraction of sp³-hybridized carbons (Fsp3) is 0.231. The molecule has 1 amide bonds. The van der Waals surface area contributed by atoms with Gasteiger partial charge in [0.15, 0.2) is 0 Å². The Hall–Kier alpha value is -2.48. The van der Waals surface area contributed by atoms with Crippen LogP contribution in [0.25, 0.3) is 0 Å². The van der Waals surface area contributed by atoms with Gasteiger partial charge in [-0.25, -0.2) is 4.98 Å². The van der Waals surface area contributed by atoms with Gasteiger partial charge < -0.3 is 10.6 Å². The van der Waals surface area contributed by atoms with E-state index in [2.05, 4.69) is 15.6 Å². The summed E-state index contributed by atoms with van der Waals surface area (Å²) in [6.07, 6.45) is 1.84. The molecule has 0 aromatic carbocycles. The summed E-state index contributed by atoms with van der Waals surface area (Å²) in [6, 6.07) is 5.16. The van der Waals surface area contributed by atoms with E-state index in [0.717, 1.165) is 12.6 Å². The van der Waals surface area contributed by atoms with E-state index >= 15 is 0 Å². The zero-order chi connectivity index (χ0) is 15.2. The van der Waals surface area contributed by atoms with Crippen LogP contribution in [0, 0.1) is 10.1 Å². The summed E-state index contributed by atoms with van der Waals surface area (Å²) in [5.41, 5.74) is -0.0460. The molecule has 0 unspecified atom stereocenters. The Morgan fingerprint density at radius 1 is 1.52 bits per heavy atom. The molecule has 0 saturated carbocycles. The normalized spacial score (nSPS) is 10.1. The zero-order valence-electron chi connectivity index (χ0n) is 11.3. The van der Waals surface area contributed by atoms with Crippen LogP contribution in [0.15, 0.2) is 29.8 Å². The van der Waals surface area contributed by atoms with Crippen LogP contribution in [0.5, 0.6) is 0 Å². The lowest BCUT2D eigenvalue weighted by Crippen LogP contribution is -2.26. The van der Waals surface area contributed by atoms with Crippen molar-refractivity contribution >= 4 is 28.7 Å². The van der Waals surface area contributed by atoms with E-state index in [0.29, 0.717) is 12.4 Å². The number of amides is 1. The highest BCUT2D eigenvalue weighted by atomic mass is 32.1. The van der Waals surface area contributed by atoms with E-state index in [-0.39, 0.29) is 17.2 Å². The molecule has 2 aromatic heterocycles. The van der Waals surface area contributed by atoms with E-state index in [1.807, 2.05) is 17.5 Å². The smallest absolute Gasteiger partial charge is 0.288 e. The second-order valence-corrected chi connectivity index (χ2v) is 5.21. The fourth-order valence-corrected chi connectivity index (χ4v) is 2.48. The van der Waals surface area contributed by atoms with Gasteiger partial charge in [-0.1, -0.05) is 6.07 Å². The second kappa shape index (κ2) is 6.80. The Kier molecular flexibility index (Phi) is 4.83. The minimum absolute atomic E-state index is 0.165. The average molecular weight is 306 g/mol. The Labute approximate surface area is 125 Å². The minimum atomic E-state index is -0.575. The number of hydrogen-bond acceptors (Lipinski definition) is 6. The first-order chi connectivity index (χ1) is 10.1. The molecule has 2 heterocycles. The quantitative estimate of drug-likeness (QED) is 0.629. The number of anilines is 1. The molecule has 2 N–H and O–H groups in total. The van der Waals surface area contributed by atoms with Crippen molar-refractivity contribution < 1.29 is 9.72 Å². The number of nitrogens with one attached hydrogen (secondary N) is 2. The maximum absolute atomic E-state index is 12.1. The summed E-state index contributed by atoms with van der Waals surface area (Å²) in [5.74, 6) is -0.0682. The number of carbonyl (C=O) groups is 1. The third-order valence-electron chi connectivity index (χ3n) is 2.80. The predicted octanol–water partition coefficient (Wildman–Crippen LogP) is 2.07. The summed E-state index contributed by atoms with van der Waals surface area (Å²) < 4.78 is 0. The predicted molar refractivity (Wildman–Crippen MR) is 80.8 cm³/mol. The summed E-state index contributed by atoms with van der Waals surface area (Å²) >= 11 is 1.62. The first-order valence-electron chi connectivity index (χ1n) is 6.24. The fourth-order valence-electron chi connectivity index (χ4n) is 1.78. The Bertz CT molecular complexity index is 643. The number of pyridine rings is 1. The molecular weight excluding hydrogens is 292 g/mol. The molecule has 110 valence electrons. The number of hydrogen-bond donors (Lipinski definition) is 2. The number of carbonyl (C=O) groups excluding carboxylic acids is 1. The van der Waals surface area contributed by atoms with Gasteiger partial charge in [-0.05, 0) is 17.9 Å². The SMILES string of the molecule is CNc1ncc([N+](=O)[O-])cc1C(=O)NCCc1cccs1. The van der Waals surface area contributed by atoms with E-state index in [4.69, 9.17) is 0 Å². The van der Waals surface area contributed by atoms with Crippen LogP contribution in [-0.2, 0) is 6.42 Å². The topological polar surface area (TPSA) is 97.2 Å². The zero-order valence-corrected chi connectivity index (χ0v) is 12.1. The van der Waals surface area contributed by atoms with Gasteiger partial charge in [0, 0.05) is 24.5 Å². The monoisotopic (exact) mass is 306 g/mol. The van der Waals surface area contributed by atoms with Gasteiger partial charge in [0.25, 0.3) is 11.6 Å². The minimum Gasteiger partial charge on any atom is -0.372 e. The highest BCUT2D eigenvalue weighted by Crippen LogP contribution is 2.18. The molecule has 0 aliphatic carbocycles. The van der Waals surface area contributed by atoms with Gasteiger partial charge >= 0.3 is 0 Å². The van der Waals surface area contributed by atoms with Crippen molar-refractivity contribution in [3.8, 4) is 0 Å². The third-order valence-corrected chi connectivity index (χ3v) is 3.74. The lowest BCUT2D eigenvalue weighted by atomic mass is 10.2. The third kappa shape index (κ3) is 3.76. The lowest BCUT2D eigenvalue weighted by molar-refractivity contribution is -0.385. The van der Waals surface area contributed by atoms with Crippen molar-refractivity contribution in [3.05, 3.63) is 50.3 Å². The first-order valence-corrected chi connectivity index (χ1v) is 7.12. The Morgan fingerprint density at radius 3 is 2.95 bits per heavy atom. The molecule has 0 aliphatic heterocycles. The van der Waals surface area contributed by atoms with Gasteiger partial charge in [-0.3, -0.25) is 14.9 Å². The molecule has 21 heavy (non-hydrogen) atoms. The molecule has 8 heteroatoms. The van der Waals surface area contributed by atoms with Gasteiger partial charge in [0.1, 0.15) is 12.0 Å². The molecular formula is C13H14N4O3S. The molecule has 0 fully saturated rings. The van der Waals surface area contributed by atoms with Crippen molar-refractivity contribution in [2.75, 3.05) is 18.9 Å². The molecule has 2 aromatic rings.